The summed E-state index contributed by atoms with van der Waals surface area (Å²) in [6.07, 6.45) is 1.03. The highest BCUT2D eigenvalue weighted by atomic mass is 16.6. The standard InChI is InChI=1S/C12H14O3/c13-8-11-7-10(12(14)15-11)6-9-4-2-1-3-5-9/h1-5,10-11,13H,6-8H2/t10-,11+/m1/s1. The van der Waals surface area contributed by atoms with E-state index < -0.39 is 0 Å². The van der Waals surface area contributed by atoms with Gasteiger partial charge in [0, 0.05) is 6.42 Å². The molecule has 0 bridgehead atoms. The summed E-state index contributed by atoms with van der Waals surface area (Å²) in [6, 6.07) is 9.87. The Morgan fingerprint density at radius 1 is 1.33 bits per heavy atom. The molecule has 0 amide bonds. The Balaban J connectivity index is 1.99. The maximum atomic E-state index is 11.4. The van der Waals surface area contributed by atoms with Crippen molar-refractivity contribution in [2.24, 2.45) is 5.92 Å². The number of cyclic esters (lactones) is 1. The van der Waals surface area contributed by atoms with E-state index in [1.807, 2.05) is 30.3 Å². The summed E-state index contributed by atoms with van der Waals surface area (Å²) in [5, 5.41) is 8.89. The normalized spacial score (nSPS) is 25.3. The lowest BCUT2D eigenvalue weighted by atomic mass is 9.96. The van der Waals surface area contributed by atoms with E-state index in [0.717, 1.165) is 5.56 Å². The Labute approximate surface area is 88.7 Å². The molecule has 1 fully saturated rings. The minimum Gasteiger partial charge on any atom is -0.460 e. The van der Waals surface area contributed by atoms with Crippen molar-refractivity contribution in [1.82, 2.24) is 0 Å². The molecule has 3 nitrogen and oxygen atoms in total. The van der Waals surface area contributed by atoms with Crippen LogP contribution < -0.4 is 0 Å². The van der Waals surface area contributed by atoms with Gasteiger partial charge >= 0.3 is 5.97 Å². The fourth-order valence-electron chi connectivity index (χ4n) is 1.90. The number of benzene rings is 1. The molecule has 0 radical (unpaired) electrons. The zero-order valence-corrected chi connectivity index (χ0v) is 8.43. The second kappa shape index (κ2) is 4.45. The molecule has 80 valence electrons. The summed E-state index contributed by atoms with van der Waals surface area (Å²) in [5.41, 5.74) is 1.14. The van der Waals surface area contributed by atoms with Crippen molar-refractivity contribution in [3.63, 3.8) is 0 Å². The molecule has 1 aromatic carbocycles. The first-order valence-electron chi connectivity index (χ1n) is 5.15. The first kappa shape index (κ1) is 10.2. The van der Waals surface area contributed by atoms with Crippen LogP contribution in [0.3, 0.4) is 0 Å². The van der Waals surface area contributed by atoms with E-state index in [0.29, 0.717) is 12.8 Å². The third kappa shape index (κ3) is 2.36. The largest absolute Gasteiger partial charge is 0.460 e. The van der Waals surface area contributed by atoms with Crippen LogP contribution in [0.15, 0.2) is 30.3 Å². The SMILES string of the molecule is O=C1O[C@H](CO)C[C@H]1Cc1ccccc1. The molecule has 0 spiro atoms. The molecule has 0 unspecified atom stereocenters. The van der Waals surface area contributed by atoms with Crippen molar-refractivity contribution in [1.29, 1.82) is 0 Å². The van der Waals surface area contributed by atoms with Crippen LogP contribution in [-0.2, 0) is 16.0 Å². The Bertz CT molecular complexity index is 334. The molecular weight excluding hydrogens is 192 g/mol. The molecular formula is C12H14O3. The molecule has 0 aromatic heterocycles. The van der Waals surface area contributed by atoms with Crippen molar-refractivity contribution in [2.75, 3.05) is 6.61 Å². The first-order chi connectivity index (χ1) is 7.29. The van der Waals surface area contributed by atoms with Crippen molar-refractivity contribution >= 4 is 5.97 Å². The van der Waals surface area contributed by atoms with Gasteiger partial charge in [0.15, 0.2) is 0 Å². The number of ether oxygens (including phenoxy) is 1. The highest BCUT2D eigenvalue weighted by Crippen LogP contribution is 2.24. The van der Waals surface area contributed by atoms with Crippen molar-refractivity contribution < 1.29 is 14.6 Å². The van der Waals surface area contributed by atoms with Gasteiger partial charge in [-0.15, -0.1) is 0 Å². The summed E-state index contributed by atoms with van der Waals surface area (Å²) in [4.78, 5) is 11.4. The number of rotatable bonds is 3. The molecule has 0 saturated carbocycles. The second-order valence-electron chi connectivity index (χ2n) is 3.86. The number of aliphatic hydroxyl groups excluding tert-OH is 1. The molecule has 1 aliphatic rings. The monoisotopic (exact) mass is 206 g/mol. The highest BCUT2D eigenvalue weighted by molar-refractivity contribution is 5.75. The molecule has 0 aliphatic carbocycles. The minimum atomic E-state index is -0.300. The summed E-state index contributed by atoms with van der Waals surface area (Å²) >= 11 is 0. The molecule has 15 heavy (non-hydrogen) atoms. The van der Waals surface area contributed by atoms with Gasteiger partial charge in [0.05, 0.1) is 12.5 Å². The van der Waals surface area contributed by atoms with Crippen molar-refractivity contribution in [3.05, 3.63) is 35.9 Å². The Kier molecular flexibility index (Phi) is 3.02. The molecule has 2 rings (SSSR count). The van der Waals surface area contributed by atoms with Gasteiger partial charge < -0.3 is 9.84 Å². The van der Waals surface area contributed by atoms with Gasteiger partial charge in [-0.25, -0.2) is 0 Å². The smallest absolute Gasteiger partial charge is 0.309 e. The Morgan fingerprint density at radius 2 is 2.07 bits per heavy atom. The van der Waals surface area contributed by atoms with Gasteiger partial charge in [-0.3, -0.25) is 4.79 Å². The number of carbonyl (C=O) groups excluding carboxylic acids is 1. The topological polar surface area (TPSA) is 46.5 Å². The summed E-state index contributed by atoms with van der Waals surface area (Å²) in [7, 11) is 0. The number of hydrogen-bond donors (Lipinski definition) is 1. The second-order valence-corrected chi connectivity index (χ2v) is 3.86. The van der Waals surface area contributed by atoms with Crippen LogP contribution in [0, 0.1) is 5.92 Å². The minimum absolute atomic E-state index is 0.0724. The molecule has 1 aromatic rings. The van der Waals surface area contributed by atoms with Gasteiger partial charge in [0.25, 0.3) is 0 Å². The van der Waals surface area contributed by atoms with Gasteiger partial charge in [0.1, 0.15) is 6.10 Å². The summed E-state index contributed by atoms with van der Waals surface area (Å²) in [6.45, 7) is -0.0724. The maximum absolute atomic E-state index is 11.4. The number of carbonyl (C=O) groups is 1. The lowest BCUT2D eigenvalue weighted by molar-refractivity contribution is -0.145. The van der Waals surface area contributed by atoms with E-state index in [2.05, 4.69) is 0 Å². The van der Waals surface area contributed by atoms with Crippen LogP contribution in [0.1, 0.15) is 12.0 Å². The zero-order chi connectivity index (χ0) is 10.7. The zero-order valence-electron chi connectivity index (χ0n) is 8.43. The number of hydrogen-bond acceptors (Lipinski definition) is 3. The maximum Gasteiger partial charge on any atom is 0.309 e. The fraction of sp³-hybridized carbons (Fsp3) is 0.417. The van der Waals surface area contributed by atoms with Crippen LogP contribution in [0.25, 0.3) is 0 Å². The van der Waals surface area contributed by atoms with Crippen molar-refractivity contribution in [3.8, 4) is 0 Å². The number of aliphatic hydroxyl groups is 1. The quantitative estimate of drug-likeness (QED) is 0.755. The summed E-state index contributed by atoms with van der Waals surface area (Å²) < 4.78 is 5.01. The Morgan fingerprint density at radius 3 is 2.67 bits per heavy atom. The molecule has 1 N–H and O–H groups in total. The molecule has 2 atom stereocenters. The van der Waals surface area contributed by atoms with E-state index in [1.165, 1.54) is 0 Å². The van der Waals surface area contributed by atoms with E-state index >= 15 is 0 Å². The highest BCUT2D eigenvalue weighted by Gasteiger charge is 2.33. The summed E-state index contributed by atoms with van der Waals surface area (Å²) in [5.74, 6) is -0.276. The molecule has 1 saturated heterocycles. The van der Waals surface area contributed by atoms with E-state index in [9.17, 15) is 4.79 Å². The van der Waals surface area contributed by atoms with Crippen LogP contribution in [0.5, 0.6) is 0 Å². The molecule has 3 heteroatoms. The number of esters is 1. The lowest BCUT2D eigenvalue weighted by Crippen LogP contribution is -2.11. The van der Waals surface area contributed by atoms with Crippen LogP contribution in [-0.4, -0.2) is 23.8 Å². The molecule has 1 aliphatic heterocycles. The first-order valence-corrected chi connectivity index (χ1v) is 5.15. The van der Waals surface area contributed by atoms with Crippen LogP contribution in [0.2, 0.25) is 0 Å². The van der Waals surface area contributed by atoms with Crippen LogP contribution >= 0.6 is 0 Å². The van der Waals surface area contributed by atoms with Gasteiger partial charge in [-0.1, -0.05) is 30.3 Å². The van der Waals surface area contributed by atoms with E-state index in [1.54, 1.807) is 0 Å². The average Bonchev–Trinajstić information content (AvgIpc) is 2.61. The van der Waals surface area contributed by atoms with Gasteiger partial charge in [0.2, 0.25) is 0 Å². The van der Waals surface area contributed by atoms with Crippen molar-refractivity contribution in [2.45, 2.75) is 18.9 Å². The average molecular weight is 206 g/mol. The van der Waals surface area contributed by atoms with Gasteiger partial charge in [-0.2, -0.15) is 0 Å². The third-order valence-corrected chi connectivity index (χ3v) is 2.69. The third-order valence-electron chi connectivity index (χ3n) is 2.69. The molecule has 1 heterocycles. The predicted octanol–water partition coefficient (Wildman–Crippen LogP) is 1.15. The van der Waals surface area contributed by atoms with E-state index in [4.69, 9.17) is 9.84 Å². The van der Waals surface area contributed by atoms with E-state index in [-0.39, 0.29) is 24.6 Å². The van der Waals surface area contributed by atoms with Crippen LogP contribution in [0.4, 0.5) is 0 Å². The fourth-order valence-corrected chi connectivity index (χ4v) is 1.90. The van der Waals surface area contributed by atoms with Gasteiger partial charge in [-0.05, 0) is 12.0 Å². The Hall–Kier alpha value is -1.35. The predicted molar refractivity (Wildman–Crippen MR) is 55.2 cm³/mol. The lowest BCUT2D eigenvalue weighted by Gasteiger charge is -2.04.